The maximum Gasteiger partial charge on any atom is 0.144 e. The van der Waals surface area contributed by atoms with Crippen molar-refractivity contribution in [2.75, 3.05) is 13.1 Å². The first kappa shape index (κ1) is 7.89. The molecule has 64 valence electrons. The summed E-state index contributed by atoms with van der Waals surface area (Å²) >= 11 is 1.54. The van der Waals surface area contributed by atoms with Crippen molar-refractivity contribution in [2.24, 2.45) is 0 Å². The predicted molar refractivity (Wildman–Crippen MR) is 47.3 cm³/mol. The Kier molecular flexibility index (Phi) is 2.19. The molecule has 1 fully saturated rings. The van der Waals surface area contributed by atoms with Gasteiger partial charge in [0.05, 0.1) is 17.1 Å². The third kappa shape index (κ3) is 1.40. The molecule has 0 aliphatic carbocycles. The molecule has 1 aromatic heterocycles. The number of ketones is 1. The molecule has 0 radical (unpaired) electrons. The van der Waals surface area contributed by atoms with Gasteiger partial charge in [-0.1, -0.05) is 0 Å². The second kappa shape index (κ2) is 3.33. The van der Waals surface area contributed by atoms with Crippen LogP contribution in [0.2, 0.25) is 0 Å². The molecular weight excluding hydrogens is 172 g/mol. The molecule has 3 nitrogen and oxygen atoms in total. The number of hydrogen-bond acceptors (Lipinski definition) is 4. The summed E-state index contributed by atoms with van der Waals surface area (Å²) in [6.45, 7) is 1.57. The van der Waals surface area contributed by atoms with Crippen molar-refractivity contribution >= 4 is 17.1 Å². The van der Waals surface area contributed by atoms with E-state index in [1.165, 1.54) is 0 Å². The highest BCUT2D eigenvalue weighted by molar-refractivity contribution is 7.07. The normalized spacial score (nSPS) is 24.3. The van der Waals surface area contributed by atoms with Crippen molar-refractivity contribution in [3.63, 3.8) is 0 Å². The Labute approximate surface area is 74.8 Å². The number of carbonyl (C=O) groups is 1. The van der Waals surface area contributed by atoms with Crippen LogP contribution in [-0.4, -0.2) is 23.9 Å². The number of nitrogens with one attached hydrogen (secondary N) is 1. The highest BCUT2D eigenvalue weighted by Crippen LogP contribution is 2.19. The number of aromatic nitrogens is 1. The third-order valence-electron chi connectivity index (χ3n) is 2.09. The SMILES string of the molecule is O=C1CCNCC1c1cscn1. The number of hydrogen-bond donors (Lipinski definition) is 1. The van der Waals surface area contributed by atoms with Gasteiger partial charge in [-0.3, -0.25) is 4.79 Å². The van der Waals surface area contributed by atoms with Gasteiger partial charge in [0, 0.05) is 24.9 Å². The van der Waals surface area contributed by atoms with Crippen LogP contribution in [0.15, 0.2) is 10.9 Å². The van der Waals surface area contributed by atoms with Gasteiger partial charge in [0.25, 0.3) is 0 Å². The molecule has 2 heterocycles. The molecule has 4 heteroatoms. The van der Waals surface area contributed by atoms with E-state index in [1.807, 2.05) is 5.38 Å². The highest BCUT2D eigenvalue weighted by Gasteiger charge is 2.24. The molecule has 0 bridgehead atoms. The standard InChI is InChI=1S/C8H10N2OS/c11-8-1-2-9-3-6(8)7-4-12-5-10-7/h4-6,9H,1-3H2. The summed E-state index contributed by atoms with van der Waals surface area (Å²) in [7, 11) is 0. The van der Waals surface area contributed by atoms with Crippen molar-refractivity contribution < 1.29 is 4.79 Å². The van der Waals surface area contributed by atoms with Crippen LogP contribution in [0.5, 0.6) is 0 Å². The van der Waals surface area contributed by atoms with Crippen LogP contribution in [-0.2, 0) is 4.79 Å². The minimum atomic E-state index is 0.00463. The molecular formula is C8H10N2OS. The Morgan fingerprint density at radius 1 is 1.67 bits per heavy atom. The summed E-state index contributed by atoms with van der Waals surface area (Å²) in [6, 6.07) is 0. The molecule has 0 spiro atoms. The third-order valence-corrected chi connectivity index (χ3v) is 2.70. The zero-order valence-corrected chi connectivity index (χ0v) is 7.43. The van der Waals surface area contributed by atoms with Crippen LogP contribution in [0, 0.1) is 0 Å². The minimum Gasteiger partial charge on any atom is -0.315 e. The van der Waals surface area contributed by atoms with Gasteiger partial charge in [0.2, 0.25) is 0 Å². The van der Waals surface area contributed by atoms with E-state index in [9.17, 15) is 4.79 Å². The molecule has 0 aromatic carbocycles. The molecule has 0 saturated carbocycles. The first-order valence-corrected chi connectivity index (χ1v) is 4.94. The summed E-state index contributed by atoms with van der Waals surface area (Å²) in [6.07, 6.45) is 0.641. The maximum absolute atomic E-state index is 11.4. The Bertz CT molecular complexity index is 271. The second-order valence-electron chi connectivity index (χ2n) is 2.89. The van der Waals surface area contributed by atoms with Crippen molar-refractivity contribution in [3.8, 4) is 0 Å². The molecule has 2 rings (SSSR count). The average Bonchev–Trinajstić information content (AvgIpc) is 2.57. The molecule has 1 saturated heterocycles. The van der Waals surface area contributed by atoms with E-state index in [-0.39, 0.29) is 5.92 Å². The Morgan fingerprint density at radius 2 is 2.58 bits per heavy atom. The average molecular weight is 182 g/mol. The van der Waals surface area contributed by atoms with Crippen LogP contribution in [0.3, 0.4) is 0 Å². The maximum atomic E-state index is 11.4. The summed E-state index contributed by atoms with van der Waals surface area (Å²) < 4.78 is 0. The lowest BCUT2D eigenvalue weighted by Gasteiger charge is -2.19. The number of nitrogens with zero attached hydrogens (tertiary/aromatic N) is 1. The summed E-state index contributed by atoms with van der Waals surface area (Å²) in [5, 5.41) is 5.15. The summed E-state index contributed by atoms with van der Waals surface area (Å²) in [5.74, 6) is 0.324. The molecule has 1 aliphatic rings. The van der Waals surface area contributed by atoms with Crippen LogP contribution in [0.4, 0.5) is 0 Å². The molecule has 12 heavy (non-hydrogen) atoms. The number of Topliss-reactive ketones (excluding diaryl/α,β-unsaturated/α-hetero) is 1. The topological polar surface area (TPSA) is 42.0 Å². The fourth-order valence-electron chi connectivity index (χ4n) is 1.41. The van der Waals surface area contributed by atoms with E-state index in [2.05, 4.69) is 10.3 Å². The lowest BCUT2D eigenvalue weighted by Crippen LogP contribution is -2.35. The largest absolute Gasteiger partial charge is 0.315 e. The van der Waals surface area contributed by atoms with Gasteiger partial charge in [-0.2, -0.15) is 0 Å². The second-order valence-corrected chi connectivity index (χ2v) is 3.61. The van der Waals surface area contributed by atoms with E-state index >= 15 is 0 Å². The number of piperidine rings is 1. The van der Waals surface area contributed by atoms with Crippen LogP contribution in [0.1, 0.15) is 18.0 Å². The predicted octanol–water partition coefficient (Wildman–Crippen LogP) is 0.789. The molecule has 1 atom stereocenters. The minimum absolute atomic E-state index is 0.00463. The van der Waals surface area contributed by atoms with Gasteiger partial charge in [0.1, 0.15) is 5.78 Å². The quantitative estimate of drug-likeness (QED) is 0.698. The summed E-state index contributed by atoms with van der Waals surface area (Å²) in [4.78, 5) is 15.6. The van der Waals surface area contributed by atoms with Crippen molar-refractivity contribution in [3.05, 3.63) is 16.6 Å². The molecule has 1 N–H and O–H groups in total. The van der Waals surface area contributed by atoms with Crippen molar-refractivity contribution in [1.82, 2.24) is 10.3 Å². The molecule has 1 aliphatic heterocycles. The smallest absolute Gasteiger partial charge is 0.144 e. The number of rotatable bonds is 1. The Balaban J connectivity index is 2.17. The lowest BCUT2D eigenvalue weighted by molar-refractivity contribution is -0.121. The van der Waals surface area contributed by atoms with Crippen molar-refractivity contribution in [1.29, 1.82) is 0 Å². The van der Waals surface area contributed by atoms with E-state index in [4.69, 9.17) is 0 Å². The molecule has 1 unspecified atom stereocenters. The summed E-state index contributed by atoms with van der Waals surface area (Å²) in [5.41, 5.74) is 2.70. The van der Waals surface area contributed by atoms with Gasteiger partial charge in [-0.15, -0.1) is 11.3 Å². The Morgan fingerprint density at radius 3 is 3.25 bits per heavy atom. The van der Waals surface area contributed by atoms with Gasteiger partial charge < -0.3 is 5.32 Å². The molecule has 1 aromatic rings. The first-order chi connectivity index (χ1) is 5.88. The van der Waals surface area contributed by atoms with E-state index in [1.54, 1.807) is 16.8 Å². The van der Waals surface area contributed by atoms with Crippen LogP contribution in [0.25, 0.3) is 0 Å². The van der Waals surface area contributed by atoms with Gasteiger partial charge in [0.15, 0.2) is 0 Å². The molecule has 0 amide bonds. The first-order valence-electron chi connectivity index (χ1n) is 3.99. The van der Waals surface area contributed by atoms with Gasteiger partial charge >= 0.3 is 0 Å². The van der Waals surface area contributed by atoms with Crippen LogP contribution < -0.4 is 5.32 Å². The van der Waals surface area contributed by atoms with E-state index in [0.29, 0.717) is 12.2 Å². The monoisotopic (exact) mass is 182 g/mol. The van der Waals surface area contributed by atoms with E-state index in [0.717, 1.165) is 18.8 Å². The number of thiazole rings is 1. The van der Waals surface area contributed by atoms with E-state index < -0.39 is 0 Å². The zero-order valence-electron chi connectivity index (χ0n) is 6.62. The van der Waals surface area contributed by atoms with Crippen molar-refractivity contribution in [2.45, 2.75) is 12.3 Å². The zero-order chi connectivity index (χ0) is 8.39. The number of carbonyl (C=O) groups excluding carboxylic acids is 1. The van der Waals surface area contributed by atoms with Gasteiger partial charge in [-0.25, -0.2) is 4.98 Å². The fourth-order valence-corrected chi connectivity index (χ4v) is 2.02. The Hall–Kier alpha value is -0.740. The lowest BCUT2D eigenvalue weighted by atomic mass is 9.95. The van der Waals surface area contributed by atoms with Gasteiger partial charge in [-0.05, 0) is 0 Å². The fraction of sp³-hybridized carbons (Fsp3) is 0.500. The van der Waals surface area contributed by atoms with Crippen LogP contribution >= 0.6 is 11.3 Å². The highest BCUT2D eigenvalue weighted by atomic mass is 32.1.